The molecule has 4 nitrogen and oxygen atoms in total. The fraction of sp³-hybridized carbons (Fsp3) is 0.562. The van der Waals surface area contributed by atoms with Crippen LogP contribution in [0.3, 0.4) is 0 Å². The van der Waals surface area contributed by atoms with Crippen LogP contribution in [-0.4, -0.2) is 37.4 Å². The Balaban J connectivity index is 2.25. The minimum Gasteiger partial charge on any atom is -0.395 e. The number of carbonyl (C=O) groups excluding carboxylic acids is 1. The van der Waals surface area contributed by atoms with Crippen LogP contribution in [0.15, 0.2) is 12.1 Å². The second-order valence-electron chi connectivity index (χ2n) is 5.02. The van der Waals surface area contributed by atoms with E-state index in [1.54, 1.807) is 6.07 Å². The first-order valence-electron chi connectivity index (χ1n) is 7.19. The quantitative estimate of drug-likeness (QED) is 0.572. The number of thiophene rings is 1. The van der Waals surface area contributed by atoms with Crippen molar-refractivity contribution in [1.82, 2.24) is 5.32 Å². The molecule has 0 aromatic carbocycles. The second kappa shape index (κ2) is 10.4. The van der Waals surface area contributed by atoms with Gasteiger partial charge in [-0.25, -0.2) is 0 Å². The fourth-order valence-corrected chi connectivity index (χ4v) is 2.31. The average molecular weight is 309 g/mol. The lowest BCUT2D eigenvalue weighted by atomic mass is 10.2. The van der Waals surface area contributed by atoms with E-state index in [-0.39, 0.29) is 12.5 Å². The van der Waals surface area contributed by atoms with E-state index in [4.69, 9.17) is 9.84 Å². The Morgan fingerprint density at radius 2 is 2.29 bits per heavy atom. The largest absolute Gasteiger partial charge is 0.395 e. The van der Waals surface area contributed by atoms with Crippen LogP contribution in [0.25, 0.3) is 0 Å². The molecule has 0 fully saturated rings. The van der Waals surface area contributed by atoms with Crippen LogP contribution in [-0.2, 0) is 4.74 Å². The smallest absolute Gasteiger partial charge is 0.261 e. The molecule has 0 unspecified atom stereocenters. The lowest BCUT2D eigenvalue weighted by Crippen LogP contribution is -2.24. The molecule has 0 radical (unpaired) electrons. The third-order valence-corrected chi connectivity index (χ3v) is 3.48. The lowest BCUT2D eigenvalue weighted by molar-refractivity contribution is 0.0928. The molecule has 0 saturated carbocycles. The molecule has 0 aliphatic rings. The Kier molecular flexibility index (Phi) is 8.76. The summed E-state index contributed by atoms with van der Waals surface area (Å²) in [5.74, 6) is 6.23. The average Bonchev–Trinajstić information content (AvgIpc) is 2.91. The Morgan fingerprint density at radius 3 is 3.00 bits per heavy atom. The van der Waals surface area contributed by atoms with Crippen LogP contribution in [0.5, 0.6) is 0 Å². The van der Waals surface area contributed by atoms with Gasteiger partial charge in [0.1, 0.15) is 0 Å². The summed E-state index contributed by atoms with van der Waals surface area (Å²) in [6, 6.07) is 3.61. The minimum atomic E-state index is -0.0703. The fourth-order valence-electron chi connectivity index (χ4n) is 1.51. The minimum absolute atomic E-state index is 0.0601. The lowest BCUT2D eigenvalue weighted by Gasteiger charge is -2.07. The monoisotopic (exact) mass is 309 g/mol. The topological polar surface area (TPSA) is 58.6 Å². The molecule has 1 aromatic rings. The zero-order valence-electron chi connectivity index (χ0n) is 12.6. The molecule has 0 spiro atoms. The van der Waals surface area contributed by atoms with Crippen molar-refractivity contribution in [3.8, 4) is 11.8 Å². The summed E-state index contributed by atoms with van der Waals surface area (Å²) in [7, 11) is 0. The number of nitrogens with one attached hydrogen (secondary N) is 1. The molecule has 0 aliphatic carbocycles. The normalized spacial score (nSPS) is 10.3. The summed E-state index contributed by atoms with van der Waals surface area (Å²) in [5.41, 5.74) is 0. The van der Waals surface area contributed by atoms with E-state index >= 15 is 0 Å². The molecule has 5 heteroatoms. The molecule has 0 atom stereocenters. The van der Waals surface area contributed by atoms with Crippen LogP contribution in [0.1, 0.15) is 41.2 Å². The third kappa shape index (κ3) is 7.86. The van der Waals surface area contributed by atoms with Crippen molar-refractivity contribution in [2.24, 2.45) is 5.92 Å². The highest BCUT2D eigenvalue weighted by Crippen LogP contribution is 2.15. The molecule has 2 N–H and O–H groups in total. The van der Waals surface area contributed by atoms with Gasteiger partial charge in [-0.2, -0.15) is 0 Å². The predicted molar refractivity (Wildman–Crippen MR) is 85.5 cm³/mol. The first-order valence-corrected chi connectivity index (χ1v) is 8.00. The van der Waals surface area contributed by atoms with Gasteiger partial charge >= 0.3 is 0 Å². The van der Waals surface area contributed by atoms with Crippen molar-refractivity contribution in [3.63, 3.8) is 0 Å². The van der Waals surface area contributed by atoms with E-state index < -0.39 is 0 Å². The molecule has 1 heterocycles. The molecule has 116 valence electrons. The van der Waals surface area contributed by atoms with E-state index in [1.165, 1.54) is 11.3 Å². The molecule has 1 aromatic heterocycles. The third-order valence-electron chi connectivity index (χ3n) is 2.48. The van der Waals surface area contributed by atoms with Gasteiger partial charge in [-0.3, -0.25) is 4.79 Å². The van der Waals surface area contributed by atoms with E-state index in [0.717, 1.165) is 17.9 Å². The predicted octanol–water partition coefficient (Wildman–Crippen LogP) is 2.27. The number of hydrogen-bond donors (Lipinski definition) is 2. The highest BCUT2D eigenvalue weighted by atomic mass is 32.1. The first-order chi connectivity index (χ1) is 10.1. The molecule has 0 aliphatic heterocycles. The summed E-state index contributed by atoms with van der Waals surface area (Å²) in [4.78, 5) is 13.4. The number of rotatable bonds is 8. The molecule has 1 rings (SSSR count). The zero-order valence-corrected chi connectivity index (χ0v) is 13.5. The molecule has 1 amide bonds. The Labute approximate surface area is 130 Å². The van der Waals surface area contributed by atoms with E-state index in [0.29, 0.717) is 30.4 Å². The van der Waals surface area contributed by atoms with E-state index in [1.807, 2.05) is 6.07 Å². The highest BCUT2D eigenvalue weighted by molar-refractivity contribution is 7.14. The number of aliphatic hydroxyl groups is 1. The molecule has 0 bridgehead atoms. The number of amides is 1. The van der Waals surface area contributed by atoms with Gasteiger partial charge in [-0.15, -0.1) is 11.3 Å². The maximum Gasteiger partial charge on any atom is 0.261 e. The van der Waals surface area contributed by atoms with Crippen LogP contribution in [0, 0.1) is 17.8 Å². The molecule has 21 heavy (non-hydrogen) atoms. The summed E-state index contributed by atoms with van der Waals surface area (Å²) < 4.78 is 5.45. The van der Waals surface area contributed by atoms with Gasteiger partial charge in [-0.05, 0) is 24.5 Å². The molecular formula is C16H23NO3S. The zero-order chi connectivity index (χ0) is 15.5. The Morgan fingerprint density at radius 1 is 1.48 bits per heavy atom. The first kappa shape index (κ1) is 17.7. The van der Waals surface area contributed by atoms with Gasteiger partial charge < -0.3 is 15.2 Å². The number of carbonyl (C=O) groups is 1. The second-order valence-corrected chi connectivity index (χ2v) is 6.10. The van der Waals surface area contributed by atoms with Crippen molar-refractivity contribution in [1.29, 1.82) is 0 Å². The summed E-state index contributed by atoms with van der Waals surface area (Å²) in [5, 5.41) is 11.5. The van der Waals surface area contributed by atoms with Crippen LogP contribution in [0.4, 0.5) is 0 Å². The Bertz CT molecular complexity index is 485. The maximum atomic E-state index is 11.9. The van der Waals surface area contributed by atoms with E-state index in [9.17, 15) is 4.79 Å². The van der Waals surface area contributed by atoms with Crippen LogP contribution in [0.2, 0.25) is 0 Å². The van der Waals surface area contributed by atoms with Crippen molar-refractivity contribution in [2.75, 3.05) is 26.4 Å². The van der Waals surface area contributed by atoms with Crippen molar-refractivity contribution in [3.05, 3.63) is 21.9 Å². The van der Waals surface area contributed by atoms with Gasteiger partial charge in [0.2, 0.25) is 0 Å². The summed E-state index contributed by atoms with van der Waals surface area (Å²) in [6.45, 7) is 6.32. The maximum absolute atomic E-state index is 11.9. The number of hydrogen-bond acceptors (Lipinski definition) is 4. The van der Waals surface area contributed by atoms with Crippen LogP contribution >= 0.6 is 11.3 Å². The Hall–Kier alpha value is -1.35. The van der Waals surface area contributed by atoms with Gasteiger partial charge in [0.05, 0.1) is 16.4 Å². The molecular weight excluding hydrogens is 286 g/mol. The number of ether oxygens (including phenoxy) is 1. The highest BCUT2D eigenvalue weighted by Gasteiger charge is 2.07. The van der Waals surface area contributed by atoms with E-state index in [2.05, 4.69) is 31.0 Å². The van der Waals surface area contributed by atoms with Crippen molar-refractivity contribution >= 4 is 17.2 Å². The van der Waals surface area contributed by atoms with Gasteiger partial charge in [-0.1, -0.05) is 25.7 Å². The summed E-state index contributed by atoms with van der Waals surface area (Å²) >= 11 is 1.37. The van der Waals surface area contributed by atoms with Crippen LogP contribution < -0.4 is 5.32 Å². The van der Waals surface area contributed by atoms with Crippen molar-refractivity contribution in [2.45, 2.75) is 26.7 Å². The van der Waals surface area contributed by atoms with Gasteiger partial charge in [0, 0.05) is 26.2 Å². The standard InChI is InChI=1S/C16H23NO3S/c1-13(2)12-20-11-5-9-17-16(19)15-8-7-14(21-15)6-3-4-10-18/h7-8,13,18H,4-5,9-12H2,1-2H3,(H,17,19). The van der Waals surface area contributed by atoms with Crippen molar-refractivity contribution < 1.29 is 14.6 Å². The van der Waals surface area contributed by atoms with Gasteiger partial charge in [0.25, 0.3) is 5.91 Å². The molecule has 0 saturated heterocycles. The number of aliphatic hydroxyl groups excluding tert-OH is 1. The van der Waals surface area contributed by atoms with Gasteiger partial charge in [0.15, 0.2) is 0 Å². The SMILES string of the molecule is CC(C)COCCCNC(=O)c1ccc(C#CCCO)s1. The summed E-state index contributed by atoms with van der Waals surface area (Å²) in [6.07, 6.45) is 1.27.